The quantitative estimate of drug-likeness (QED) is 0.717. The molecular weight excluding hydrogens is 304 g/mol. The van der Waals surface area contributed by atoms with Crippen LogP contribution in [0.5, 0.6) is 0 Å². The molecule has 0 saturated heterocycles. The van der Waals surface area contributed by atoms with Gasteiger partial charge in [0.25, 0.3) is 0 Å². The predicted octanol–water partition coefficient (Wildman–Crippen LogP) is 2.32. The minimum atomic E-state index is -0.662. The second kappa shape index (κ2) is 7.53. The van der Waals surface area contributed by atoms with E-state index in [1.807, 2.05) is 0 Å². The number of rotatable bonds is 7. The first-order valence-electron chi connectivity index (χ1n) is 8.92. The van der Waals surface area contributed by atoms with Crippen LogP contribution in [-0.4, -0.2) is 37.0 Å². The summed E-state index contributed by atoms with van der Waals surface area (Å²) < 4.78 is 5.44. The van der Waals surface area contributed by atoms with E-state index in [1.165, 1.54) is 29.5 Å². The minimum Gasteiger partial charge on any atom is -0.389 e. The number of urea groups is 1. The average molecular weight is 332 g/mol. The van der Waals surface area contributed by atoms with Gasteiger partial charge in [0.15, 0.2) is 0 Å². The first-order valence-corrected chi connectivity index (χ1v) is 8.92. The lowest BCUT2D eigenvalue weighted by Gasteiger charge is -2.20. The van der Waals surface area contributed by atoms with E-state index in [9.17, 15) is 9.90 Å². The SMILES string of the molecule is Cc1ccc2c(c1)C(NC(=O)NCC(O)COCC1CC1)C(C)C2. The number of carbonyl (C=O) groups excluding carboxylic acids is 1. The van der Waals surface area contributed by atoms with Gasteiger partial charge in [-0.25, -0.2) is 4.79 Å². The van der Waals surface area contributed by atoms with Gasteiger partial charge >= 0.3 is 6.03 Å². The Morgan fingerprint density at radius 1 is 1.42 bits per heavy atom. The highest BCUT2D eigenvalue weighted by atomic mass is 16.5. The zero-order valence-corrected chi connectivity index (χ0v) is 14.5. The second-order valence-electron chi connectivity index (χ2n) is 7.35. The van der Waals surface area contributed by atoms with E-state index >= 15 is 0 Å². The third-order valence-corrected chi connectivity index (χ3v) is 4.89. The first-order chi connectivity index (χ1) is 11.5. The number of carbonyl (C=O) groups is 1. The van der Waals surface area contributed by atoms with E-state index in [1.54, 1.807) is 0 Å². The summed E-state index contributed by atoms with van der Waals surface area (Å²) in [7, 11) is 0. The number of aliphatic hydroxyl groups is 1. The fraction of sp³-hybridized carbons (Fsp3) is 0.632. The van der Waals surface area contributed by atoms with Gasteiger partial charge < -0.3 is 20.5 Å². The molecule has 2 aliphatic carbocycles. The maximum absolute atomic E-state index is 12.2. The highest BCUT2D eigenvalue weighted by Crippen LogP contribution is 2.36. The maximum atomic E-state index is 12.2. The van der Waals surface area contributed by atoms with Gasteiger partial charge in [0, 0.05) is 13.2 Å². The summed E-state index contributed by atoms with van der Waals surface area (Å²) in [6.07, 6.45) is 2.79. The predicted molar refractivity (Wildman–Crippen MR) is 92.9 cm³/mol. The van der Waals surface area contributed by atoms with Gasteiger partial charge in [-0.3, -0.25) is 0 Å². The number of hydrogen-bond donors (Lipinski definition) is 3. The number of nitrogens with one attached hydrogen (secondary N) is 2. The molecule has 3 atom stereocenters. The lowest BCUT2D eigenvalue weighted by molar-refractivity contribution is 0.0336. The largest absolute Gasteiger partial charge is 0.389 e. The molecule has 5 heteroatoms. The van der Waals surface area contributed by atoms with Gasteiger partial charge in [-0.2, -0.15) is 0 Å². The molecule has 1 aromatic rings. The van der Waals surface area contributed by atoms with E-state index < -0.39 is 6.10 Å². The van der Waals surface area contributed by atoms with Crippen LogP contribution in [0, 0.1) is 18.8 Å². The number of aliphatic hydroxyl groups excluding tert-OH is 1. The van der Waals surface area contributed by atoms with Crippen molar-refractivity contribution in [1.82, 2.24) is 10.6 Å². The maximum Gasteiger partial charge on any atom is 0.315 e. The lowest BCUT2D eigenvalue weighted by Crippen LogP contribution is -2.43. The van der Waals surface area contributed by atoms with Crippen molar-refractivity contribution < 1.29 is 14.6 Å². The van der Waals surface area contributed by atoms with Crippen LogP contribution in [0.25, 0.3) is 0 Å². The zero-order chi connectivity index (χ0) is 17.1. The van der Waals surface area contributed by atoms with Crippen molar-refractivity contribution >= 4 is 6.03 Å². The Bertz CT molecular complexity index is 586. The molecule has 0 spiro atoms. The molecule has 24 heavy (non-hydrogen) atoms. The van der Waals surface area contributed by atoms with Crippen molar-refractivity contribution in [3.05, 3.63) is 34.9 Å². The van der Waals surface area contributed by atoms with E-state index in [2.05, 4.69) is 42.7 Å². The molecule has 5 nitrogen and oxygen atoms in total. The van der Waals surface area contributed by atoms with Gasteiger partial charge in [-0.15, -0.1) is 0 Å². The molecule has 2 amide bonds. The summed E-state index contributed by atoms with van der Waals surface area (Å²) in [6, 6.07) is 6.23. The molecular formula is C19H28N2O3. The van der Waals surface area contributed by atoms with Crippen LogP contribution in [0.3, 0.4) is 0 Å². The summed E-state index contributed by atoms with van der Waals surface area (Å²) in [4.78, 5) is 12.2. The van der Waals surface area contributed by atoms with Crippen LogP contribution in [0.15, 0.2) is 18.2 Å². The Labute approximate surface area is 143 Å². The van der Waals surface area contributed by atoms with Crippen LogP contribution in [-0.2, 0) is 11.2 Å². The van der Waals surface area contributed by atoms with Gasteiger partial charge in [0.1, 0.15) is 0 Å². The molecule has 0 radical (unpaired) electrons. The van der Waals surface area contributed by atoms with Gasteiger partial charge in [0.2, 0.25) is 0 Å². The summed E-state index contributed by atoms with van der Waals surface area (Å²) in [5.74, 6) is 1.06. The molecule has 3 rings (SSSR count). The fourth-order valence-corrected chi connectivity index (χ4v) is 3.30. The van der Waals surface area contributed by atoms with E-state index in [0.717, 1.165) is 13.0 Å². The van der Waals surface area contributed by atoms with Crippen molar-refractivity contribution in [2.45, 2.75) is 45.3 Å². The van der Waals surface area contributed by atoms with Crippen LogP contribution in [0.4, 0.5) is 4.79 Å². The highest BCUT2D eigenvalue weighted by Gasteiger charge is 2.30. The number of hydrogen-bond acceptors (Lipinski definition) is 3. The molecule has 1 fully saturated rings. The van der Waals surface area contributed by atoms with Gasteiger partial charge in [-0.1, -0.05) is 30.7 Å². The number of aryl methyl sites for hydroxylation is 1. The zero-order valence-electron chi connectivity index (χ0n) is 14.5. The molecule has 2 aliphatic rings. The Kier molecular flexibility index (Phi) is 5.41. The van der Waals surface area contributed by atoms with Gasteiger partial charge in [-0.05, 0) is 49.1 Å². The monoisotopic (exact) mass is 332 g/mol. The standard InChI is InChI=1S/C19H28N2O3/c1-12-3-6-15-8-13(2)18(17(15)7-12)21-19(23)20-9-16(22)11-24-10-14-4-5-14/h3,6-7,13-14,16,18,22H,4-5,8-11H2,1-2H3,(H2,20,21,23). The summed E-state index contributed by atoms with van der Waals surface area (Å²) in [5, 5.41) is 15.7. The highest BCUT2D eigenvalue weighted by molar-refractivity contribution is 5.74. The topological polar surface area (TPSA) is 70.6 Å². The van der Waals surface area contributed by atoms with Crippen LogP contribution >= 0.6 is 0 Å². The minimum absolute atomic E-state index is 0.0307. The van der Waals surface area contributed by atoms with E-state index in [-0.39, 0.29) is 25.2 Å². The second-order valence-corrected chi connectivity index (χ2v) is 7.35. The van der Waals surface area contributed by atoms with Crippen molar-refractivity contribution in [2.24, 2.45) is 11.8 Å². The normalized spacial score (nSPS) is 23.6. The molecule has 0 aliphatic heterocycles. The van der Waals surface area contributed by atoms with Crippen molar-refractivity contribution in [3.8, 4) is 0 Å². The van der Waals surface area contributed by atoms with Crippen LogP contribution in [0.2, 0.25) is 0 Å². The lowest BCUT2D eigenvalue weighted by atomic mass is 10.0. The summed E-state index contributed by atoms with van der Waals surface area (Å²) >= 11 is 0. The molecule has 0 aromatic heterocycles. The number of amides is 2. The number of ether oxygens (including phenoxy) is 1. The Hall–Kier alpha value is -1.59. The van der Waals surface area contributed by atoms with Crippen LogP contribution < -0.4 is 10.6 Å². The third kappa shape index (κ3) is 4.48. The molecule has 1 aromatic carbocycles. The summed E-state index contributed by atoms with van der Waals surface area (Å²) in [5.41, 5.74) is 3.73. The third-order valence-electron chi connectivity index (χ3n) is 4.89. The molecule has 0 heterocycles. The summed E-state index contributed by atoms with van der Waals surface area (Å²) in [6.45, 7) is 5.43. The van der Waals surface area contributed by atoms with Crippen molar-refractivity contribution in [1.29, 1.82) is 0 Å². The van der Waals surface area contributed by atoms with Crippen molar-refractivity contribution in [2.75, 3.05) is 19.8 Å². The van der Waals surface area contributed by atoms with Crippen molar-refractivity contribution in [3.63, 3.8) is 0 Å². The Balaban J connectivity index is 1.44. The van der Waals surface area contributed by atoms with E-state index in [4.69, 9.17) is 4.74 Å². The van der Waals surface area contributed by atoms with Crippen LogP contribution in [0.1, 0.15) is 42.5 Å². The number of fused-ring (bicyclic) bond motifs is 1. The van der Waals surface area contributed by atoms with E-state index in [0.29, 0.717) is 11.8 Å². The average Bonchev–Trinajstić information content (AvgIpc) is 3.31. The number of benzene rings is 1. The molecule has 3 unspecified atom stereocenters. The molecule has 3 N–H and O–H groups in total. The Morgan fingerprint density at radius 2 is 2.21 bits per heavy atom. The molecule has 1 saturated carbocycles. The molecule has 0 bridgehead atoms. The fourth-order valence-electron chi connectivity index (χ4n) is 3.30. The first kappa shape index (κ1) is 17.2. The Morgan fingerprint density at radius 3 is 2.96 bits per heavy atom. The van der Waals surface area contributed by atoms with Gasteiger partial charge in [0.05, 0.1) is 18.8 Å². The smallest absolute Gasteiger partial charge is 0.315 e. The molecule has 132 valence electrons.